The largest absolute Gasteiger partial charge is 0.487 e. The third-order valence-electron chi connectivity index (χ3n) is 4.26. The Kier molecular flexibility index (Phi) is 6.98. The Morgan fingerprint density at radius 3 is 2.54 bits per heavy atom. The number of carbonyl (C=O) groups excluding carboxylic acids is 1. The van der Waals surface area contributed by atoms with Gasteiger partial charge in [0.15, 0.2) is 0 Å². The molecule has 0 bridgehead atoms. The van der Waals surface area contributed by atoms with Gasteiger partial charge in [-0.15, -0.1) is 11.3 Å². The van der Waals surface area contributed by atoms with E-state index in [1.54, 1.807) is 17.4 Å². The fourth-order valence-electron chi connectivity index (χ4n) is 2.73. The summed E-state index contributed by atoms with van der Waals surface area (Å²) in [6.45, 7) is 5.72. The molecule has 0 aliphatic carbocycles. The van der Waals surface area contributed by atoms with Crippen LogP contribution in [0.2, 0.25) is 0 Å². The van der Waals surface area contributed by atoms with Crippen molar-refractivity contribution < 1.29 is 9.53 Å². The van der Waals surface area contributed by atoms with Crippen molar-refractivity contribution in [1.29, 1.82) is 0 Å². The van der Waals surface area contributed by atoms with Crippen molar-refractivity contribution in [3.05, 3.63) is 87.9 Å². The highest BCUT2D eigenvalue weighted by Gasteiger charge is 2.08. The van der Waals surface area contributed by atoms with Crippen molar-refractivity contribution in [2.24, 2.45) is 0 Å². The first-order valence-corrected chi connectivity index (χ1v) is 10.2. The number of carbonyl (C=O) groups is 1. The molecule has 4 nitrogen and oxygen atoms in total. The Morgan fingerprint density at radius 2 is 1.89 bits per heavy atom. The zero-order valence-electron chi connectivity index (χ0n) is 16.2. The summed E-state index contributed by atoms with van der Waals surface area (Å²) < 4.78 is 5.75. The fraction of sp³-hybridized carbons (Fsp3) is 0.217. The number of rotatable bonds is 8. The standard InChI is InChI=1S/C23H24N2O2S/c1-3-25(15-20-7-5-4-6-8-20)23(26)14-11-19-9-12-22(13-10-19)27-16-21-17-28-18(2)24-21/h4-14,17H,3,15-16H2,1-2H3/b14-11+. The number of hydrogen-bond acceptors (Lipinski definition) is 4. The molecule has 0 radical (unpaired) electrons. The van der Waals surface area contributed by atoms with E-state index >= 15 is 0 Å². The molecule has 0 aliphatic rings. The molecule has 2 aromatic carbocycles. The van der Waals surface area contributed by atoms with Crippen LogP contribution in [0.4, 0.5) is 0 Å². The number of benzene rings is 2. The van der Waals surface area contributed by atoms with Gasteiger partial charge in [0, 0.05) is 24.5 Å². The molecule has 1 heterocycles. The normalized spacial score (nSPS) is 10.9. The van der Waals surface area contributed by atoms with Gasteiger partial charge < -0.3 is 9.64 Å². The molecule has 0 spiro atoms. The van der Waals surface area contributed by atoms with E-state index in [2.05, 4.69) is 4.98 Å². The highest BCUT2D eigenvalue weighted by Crippen LogP contribution is 2.16. The van der Waals surface area contributed by atoms with Crippen LogP contribution in [0.1, 0.15) is 28.8 Å². The molecular weight excluding hydrogens is 368 g/mol. The van der Waals surface area contributed by atoms with Crippen molar-refractivity contribution in [1.82, 2.24) is 9.88 Å². The highest BCUT2D eigenvalue weighted by atomic mass is 32.1. The van der Waals surface area contributed by atoms with Crippen LogP contribution in [0, 0.1) is 6.92 Å². The van der Waals surface area contributed by atoms with Gasteiger partial charge in [-0.2, -0.15) is 0 Å². The Hall–Kier alpha value is -2.92. The van der Waals surface area contributed by atoms with Gasteiger partial charge in [-0.3, -0.25) is 4.79 Å². The Morgan fingerprint density at radius 1 is 1.14 bits per heavy atom. The number of thiazole rings is 1. The topological polar surface area (TPSA) is 42.4 Å². The second-order valence-electron chi connectivity index (χ2n) is 6.39. The lowest BCUT2D eigenvalue weighted by Gasteiger charge is -2.19. The quantitative estimate of drug-likeness (QED) is 0.501. The first-order chi connectivity index (χ1) is 13.6. The predicted molar refractivity (Wildman–Crippen MR) is 114 cm³/mol. The van der Waals surface area contributed by atoms with Crippen LogP contribution in [0.15, 0.2) is 66.1 Å². The Bertz CT molecular complexity index is 917. The molecule has 0 saturated heterocycles. The highest BCUT2D eigenvalue weighted by molar-refractivity contribution is 7.09. The first kappa shape index (κ1) is 19.8. The van der Waals surface area contributed by atoms with E-state index in [-0.39, 0.29) is 5.91 Å². The van der Waals surface area contributed by atoms with Crippen molar-refractivity contribution >= 4 is 23.3 Å². The summed E-state index contributed by atoms with van der Waals surface area (Å²) >= 11 is 1.62. The smallest absolute Gasteiger partial charge is 0.246 e. The minimum Gasteiger partial charge on any atom is -0.487 e. The van der Waals surface area contributed by atoms with Crippen LogP contribution >= 0.6 is 11.3 Å². The monoisotopic (exact) mass is 392 g/mol. The van der Waals surface area contributed by atoms with E-state index < -0.39 is 0 Å². The van der Waals surface area contributed by atoms with Gasteiger partial charge in [0.25, 0.3) is 0 Å². The van der Waals surface area contributed by atoms with E-state index in [1.165, 1.54) is 0 Å². The predicted octanol–water partition coefficient (Wildman–Crippen LogP) is 5.09. The Labute approximate surface area is 170 Å². The summed E-state index contributed by atoms with van der Waals surface area (Å²) in [6.07, 6.45) is 3.46. The molecule has 0 unspecified atom stereocenters. The van der Waals surface area contributed by atoms with E-state index in [4.69, 9.17) is 4.74 Å². The summed E-state index contributed by atoms with van der Waals surface area (Å²) in [7, 11) is 0. The molecule has 144 valence electrons. The van der Waals surface area contributed by atoms with E-state index in [0.29, 0.717) is 19.7 Å². The number of nitrogens with zero attached hydrogens (tertiary/aromatic N) is 2. The van der Waals surface area contributed by atoms with Gasteiger partial charge in [-0.1, -0.05) is 42.5 Å². The van der Waals surface area contributed by atoms with Crippen LogP contribution < -0.4 is 4.74 Å². The molecule has 0 saturated carbocycles. The molecule has 1 amide bonds. The molecule has 0 aliphatic heterocycles. The maximum Gasteiger partial charge on any atom is 0.246 e. The zero-order chi connectivity index (χ0) is 19.8. The van der Waals surface area contributed by atoms with Gasteiger partial charge in [0.2, 0.25) is 5.91 Å². The third-order valence-corrected chi connectivity index (χ3v) is 5.08. The third kappa shape index (κ3) is 5.79. The van der Waals surface area contributed by atoms with Gasteiger partial charge in [-0.05, 0) is 43.2 Å². The van der Waals surface area contributed by atoms with Crippen LogP contribution in [-0.4, -0.2) is 22.3 Å². The maximum atomic E-state index is 12.5. The molecule has 3 aromatic rings. The van der Waals surface area contributed by atoms with Crippen molar-refractivity contribution in [2.45, 2.75) is 27.0 Å². The van der Waals surface area contributed by atoms with Crippen LogP contribution in [-0.2, 0) is 17.9 Å². The van der Waals surface area contributed by atoms with E-state index in [9.17, 15) is 4.79 Å². The summed E-state index contributed by atoms with van der Waals surface area (Å²) in [4.78, 5) is 18.7. The van der Waals surface area contributed by atoms with Crippen molar-refractivity contribution in [3.8, 4) is 5.75 Å². The molecule has 3 rings (SSSR count). The van der Waals surface area contributed by atoms with E-state index in [0.717, 1.165) is 27.6 Å². The van der Waals surface area contributed by atoms with Gasteiger partial charge in [0.1, 0.15) is 12.4 Å². The number of ether oxygens (including phenoxy) is 1. The maximum absolute atomic E-state index is 12.5. The lowest BCUT2D eigenvalue weighted by molar-refractivity contribution is -0.126. The SMILES string of the molecule is CCN(Cc1ccccc1)C(=O)/C=C/c1ccc(OCc2csc(C)n2)cc1. The lowest BCUT2D eigenvalue weighted by Crippen LogP contribution is -2.28. The molecule has 0 fully saturated rings. The van der Waals surface area contributed by atoms with Gasteiger partial charge in [-0.25, -0.2) is 4.98 Å². The summed E-state index contributed by atoms with van der Waals surface area (Å²) in [5, 5.41) is 3.05. The molecule has 5 heteroatoms. The summed E-state index contributed by atoms with van der Waals surface area (Å²) in [5.41, 5.74) is 3.03. The van der Waals surface area contributed by atoms with Gasteiger partial charge in [0.05, 0.1) is 10.7 Å². The molecule has 1 aromatic heterocycles. The fourth-order valence-corrected chi connectivity index (χ4v) is 3.33. The van der Waals surface area contributed by atoms with Crippen LogP contribution in [0.3, 0.4) is 0 Å². The first-order valence-electron chi connectivity index (χ1n) is 9.29. The summed E-state index contributed by atoms with van der Waals surface area (Å²) in [5.74, 6) is 0.791. The van der Waals surface area contributed by atoms with Crippen LogP contribution in [0.5, 0.6) is 5.75 Å². The number of aryl methyl sites for hydroxylation is 1. The lowest BCUT2D eigenvalue weighted by atomic mass is 10.2. The van der Waals surface area contributed by atoms with Crippen molar-refractivity contribution in [2.75, 3.05) is 6.54 Å². The number of hydrogen-bond donors (Lipinski definition) is 0. The average Bonchev–Trinajstić information content (AvgIpc) is 3.15. The summed E-state index contributed by atoms with van der Waals surface area (Å²) in [6, 6.07) is 17.7. The van der Waals surface area contributed by atoms with Crippen molar-refractivity contribution in [3.63, 3.8) is 0 Å². The second kappa shape index (κ2) is 9.85. The van der Waals surface area contributed by atoms with Crippen LogP contribution in [0.25, 0.3) is 6.08 Å². The minimum absolute atomic E-state index is 0.00517. The molecular formula is C23H24N2O2S. The average molecular weight is 393 g/mol. The number of amides is 1. The molecule has 28 heavy (non-hydrogen) atoms. The molecule has 0 N–H and O–H groups in total. The molecule has 0 atom stereocenters. The zero-order valence-corrected chi connectivity index (χ0v) is 17.0. The minimum atomic E-state index is 0.00517. The number of likely N-dealkylation sites (N-methyl/N-ethyl adjacent to an activating group) is 1. The van der Waals surface area contributed by atoms with Gasteiger partial charge >= 0.3 is 0 Å². The second-order valence-corrected chi connectivity index (χ2v) is 7.45. The van der Waals surface area contributed by atoms with E-state index in [1.807, 2.05) is 84.8 Å². The number of aromatic nitrogens is 1. The Balaban J connectivity index is 1.54.